The van der Waals surface area contributed by atoms with E-state index in [2.05, 4.69) is 4.72 Å². The number of nitrogens with one attached hydrogen (secondary N) is 1. The molecule has 1 rings (SSSR count). The molecule has 0 aromatic heterocycles. The van der Waals surface area contributed by atoms with Crippen molar-refractivity contribution in [1.82, 2.24) is 9.03 Å². The van der Waals surface area contributed by atoms with Gasteiger partial charge in [-0.1, -0.05) is 12.8 Å². The number of rotatable bonds is 5. The van der Waals surface area contributed by atoms with Crippen LogP contribution in [0.1, 0.15) is 39.5 Å². The summed E-state index contributed by atoms with van der Waals surface area (Å²) in [4.78, 5) is 0. The summed E-state index contributed by atoms with van der Waals surface area (Å²) in [6, 6.07) is -0.0475. The molecule has 0 saturated heterocycles. The molecule has 0 unspecified atom stereocenters. The summed E-state index contributed by atoms with van der Waals surface area (Å²) in [7, 11) is -1.82. The van der Waals surface area contributed by atoms with Crippen LogP contribution in [0.3, 0.4) is 0 Å². The first-order valence-corrected chi connectivity index (χ1v) is 7.24. The number of hydrogen-bond acceptors (Lipinski definition) is 3. The molecule has 96 valence electrons. The van der Waals surface area contributed by atoms with E-state index in [1.54, 1.807) is 7.05 Å². The normalized spacial score (nSPS) is 20.9. The van der Waals surface area contributed by atoms with Gasteiger partial charge in [-0.05, 0) is 26.7 Å². The Balaban J connectivity index is 2.78. The Bertz CT molecular complexity index is 321. The summed E-state index contributed by atoms with van der Waals surface area (Å²) in [6.45, 7) is 4.07. The third-order valence-corrected chi connectivity index (χ3v) is 5.27. The van der Waals surface area contributed by atoms with Crippen LogP contribution in [0.15, 0.2) is 0 Å². The SMILES string of the molecule is CC(C)N(C)S(=O)(=O)NC1(CN)CCCC1. The molecule has 0 aromatic carbocycles. The molecule has 1 fully saturated rings. The van der Waals surface area contributed by atoms with Crippen LogP contribution in [0.5, 0.6) is 0 Å². The maximum absolute atomic E-state index is 12.1. The Labute approximate surface area is 98.6 Å². The molecule has 16 heavy (non-hydrogen) atoms. The lowest BCUT2D eigenvalue weighted by Crippen LogP contribution is -2.56. The van der Waals surface area contributed by atoms with Crippen molar-refractivity contribution in [2.75, 3.05) is 13.6 Å². The highest BCUT2D eigenvalue weighted by Gasteiger charge is 2.37. The van der Waals surface area contributed by atoms with Gasteiger partial charge < -0.3 is 5.73 Å². The first kappa shape index (κ1) is 13.9. The summed E-state index contributed by atoms with van der Waals surface area (Å²) >= 11 is 0. The van der Waals surface area contributed by atoms with Gasteiger partial charge in [0.1, 0.15) is 0 Å². The van der Waals surface area contributed by atoms with Gasteiger partial charge in [-0.3, -0.25) is 0 Å². The minimum absolute atomic E-state index is 0.0475. The molecular weight excluding hydrogens is 226 g/mol. The Morgan fingerprint density at radius 2 is 1.88 bits per heavy atom. The quantitative estimate of drug-likeness (QED) is 0.742. The summed E-state index contributed by atoms with van der Waals surface area (Å²) in [5.74, 6) is 0. The zero-order valence-electron chi connectivity index (χ0n) is 10.4. The van der Waals surface area contributed by atoms with E-state index >= 15 is 0 Å². The molecule has 0 aromatic rings. The fourth-order valence-electron chi connectivity index (χ4n) is 2.02. The van der Waals surface area contributed by atoms with Crippen molar-refractivity contribution in [2.45, 2.75) is 51.1 Å². The third-order valence-electron chi connectivity index (χ3n) is 3.40. The number of nitrogens with two attached hydrogens (primary N) is 1. The Morgan fingerprint density at radius 1 is 1.38 bits per heavy atom. The van der Waals surface area contributed by atoms with Crippen LogP contribution in [0, 0.1) is 0 Å². The molecule has 1 saturated carbocycles. The van der Waals surface area contributed by atoms with Crippen molar-refractivity contribution in [3.05, 3.63) is 0 Å². The highest BCUT2D eigenvalue weighted by Crippen LogP contribution is 2.29. The Hall–Kier alpha value is -0.170. The van der Waals surface area contributed by atoms with Gasteiger partial charge in [0.2, 0.25) is 0 Å². The molecule has 0 spiro atoms. The van der Waals surface area contributed by atoms with Crippen LogP contribution in [-0.2, 0) is 10.2 Å². The van der Waals surface area contributed by atoms with Crippen molar-refractivity contribution < 1.29 is 8.42 Å². The van der Waals surface area contributed by atoms with E-state index in [-0.39, 0.29) is 6.04 Å². The summed E-state index contributed by atoms with van der Waals surface area (Å²) < 4.78 is 28.2. The van der Waals surface area contributed by atoms with Gasteiger partial charge in [0.15, 0.2) is 0 Å². The van der Waals surface area contributed by atoms with E-state index in [0.29, 0.717) is 6.54 Å². The predicted molar refractivity (Wildman–Crippen MR) is 65.2 cm³/mol. The standard InChI is InChI=1S/C10H23N3O2S/c1-9(2)13(3)16(14,15)12-10(8-11)6-4-5-7-10/h9,12H,4-8,11H2,1-3H3. The summed E-state index contributed by atoms with van der Waals surface area (Å²) in [5.41, 5.74) is 5.29. The van der Waals surface area contributed by atoms with Gasteiger partial charge in [0.05, 0.1) is 0 Å². The average molecular weight is 249 g/mol. The molecule has 3 N–H and O–H groups in total. The molecule has 1 aliphatic rings. The highest BCUT2D eigenvalue weighted by atomic mass is 32.2. The Morgan fingerprint density at radius 3 is 2.25 bits per heavy atom. The first-order valence-electron chi connectivity index (χ1n) is 5.80. The van der Waals surface area contributed by atoms with Crippen molar-refractivity contribution >= 4 is 10.2 Å². The fraction of sp³-hybridized carbons (Fsp3) is 1.00. The zero-order valence-corrected chi connectivity index (χ0v) is 11.2. The second kappa shape index (κ2) is 5.00. The molecule has 6 heteroatoms. The van der Waals surface area contributed by atoms with Crippen molar-refractivity contribution in [1.29, 1.82) is 0 Å². The predicted octanol–water partition coefficient (Wildman–Crippen LogP) is 0.433. The van der Waals surface area contributed by atoms with Gasteiger partial charge in [-0.25, -0.2) is 0 Å². The Kier molecular flexibility index (Phi) is 4.34. The van der Waals surface area contributed by atoms with E-state index < -0.39 is 15.7 Å². The molecule has 1 aliphatic carbocycles. The maximum atomic E-state index is 12.1. The van der Waals surface area contributed by atoms with E-state index in [1.807, 2.05) is 13.8 Å². The van der Waals surface area contributed by atoms with E-state index in [1.165, 1.54) is 4.31 Å². The topological polar surface area (TPSA) is 75.4 Å². The molecule has 0 radical (unpaired) electrons. The van der Waals surface area contributed by atoms with Gasteiger partial charge in [0.25, 0.3) is 10.2 Å². The van der Waals surface area contributed by atoms with E-state index in [0.717, 1.165) is 25.7 Å². The van der Waals surface area contributed by atoms with E-state index in [4.69, 9.17) is 5.73 Å². The highest BCUT2D eigenvalue weighted by molar-refractivity contribution is 7.87. The molecule has 5 nitrogen and oxygen atoms in total. The van der Waals surface area contributed by atoms with Crippen LogP contribution in [-0.4, -0.2) is 37.9 Å². The van der Waals surface area contributed by atoms with Gasteiger partial charge >= 0.3 is 0 Å². The zero-order chi connectivity index (χ0) is 12.4. The fourth-order valence-corrected chi connectivity index (χ4v) is 3.56. The molecule has 0 aliphatic heterocycles. The second-order valence-corrected chi connectivity index (χ2v) is 6.64. The molecule has 0 heterocycles. The van der Waals surface area contributed by atoms with Crippen molar-refractivity contribution in [3.8, 4) is 0 Å². The number of hydrogen-bond donors (Lipinski definition) is 2. The average Bonchev–Trinajstić information content (AvgIpc) is 2.65. The largest absolute Gasteiger partial charge is 0.329 e. The van der Waals surface area contributed by atoms with Gasteiger partial charge in [0, 0.05) is 25.2 Å². The molecule has 0 amide bonds. The molecule has 0 atom stereocenters. The van der Waals surface area contributed by atoms with E-state index in [9.17, 15) is 8.42 Å². The minimum atomic E-state index is -3.41. The monoisotopic (exact) mass is 249 g/mol. The lowest BCUT2D eigenvalue weighted by molar-refractivity contribution is 0.355. The smallest absolute Gasteiger partial charge is 0.279 e. The summed E-state index contributed by atoms with van der Waals surface area (Å²) in [6.07, 6.45) is 3.78. The van der Waals surface area contributed by atoms with Crippen LogP contribution in [0.4, 0.5) is 0 Å². The third kappa shape index (κ3) is 2.94. The van der Waals surface area contributed by atoms with Crippen LogP contribution >= 0.6 is 0 Å². The first-order chi connectivity index (χ1) is 7.33. The summed E-state index contributed by atoms with van der Waals surface area (Å²) in [5, 5.41) is 0. The lowest BCUT2D eigenvalue weighted by Gasteiger charge is -2.32. The number of nitrogens with zero attached hydrogens (tertiary/aromatic N) is 1. The minimum Gasteiger partial charge on any atom is -0.329 e. The van der Waals surface area contributed by atoms with Crippen LogP contribution in [0.25, 0.3) is 0 Å². The lowest BCUT2D eigenvalue weighted by atomic mass is 10.0. The van der Waals surface area contributed by atoms with Crippen LogP contribution < -0.4 is 10.5 Å². The maximum Gasteiger partial charge on any atom is 0.279 e. The van der Waals surface area contributed by atoms with Crippen LogP contribution in [0.2, 0.25) is 0 Å². The van der Waals surface area contributed by atoms with Crippen molar-refractivity contribution in [3.63, 3.8) is 0 Å². The molecule has 0 bridgehead atoms. The van der Waals surface area contributed by atoms with Crippen molar-refractivity contribution in [2.24, 2.45) is 5.73 Å². The molecular formula is C10H23N3O2S. The van der Waals surface area contributed by atoms with Gasteiger partial charge in [-0.15, -0.1) is 0 Å². The van der Waals surface area contributed by atoms with Gasteiger partial charge in [-0.2, -0.15) is 17.4 Å². The second-order valence-electron chi connectivity index (χ2n) is 4.91.